The van der Waals surface area contributed by atoms with Gasteiger partial charge in [-0.3, -0.25) is 4.79 Å². The average Bonchev–Trinajstić information content (AvgIpc) is 3.32. The molecule has 1 aromatic rings. The maximum absolute atomic E-state index is 12.2. The maximum atomic E-state index is 12.2. The second kappa shape index (κ2) is 3.99. The van der Waals surface area contributed by atoms with E-state index in [1.165, 1.54) is 31.2 Å². The van der Waals surface area contributed by atoms with Crippen LogP contribution in [0.5, 0.6) is 0 Å². The predicted molar refractivity (Wildman–Crippen MR) is 75.4 cm³/mol. The minimum atomic E-state index is 0.0865. The number of hydrogen-bond donors (Lipinski definition) is 2. The first-order valence-corrected chi connectivity index (χ1v) is 7.42. The van der Waals surface area contributed by atoms with E-state index in [4.69, 9.17) is 0 Å². The molecule has 4 rings (SSSR count). The number of benzene rings is 1. The highest BCUT2D eigenvalue weighted by Gasteiger charge is 2.53. The van der Waals surface area contributed by atoms with Crippen molar-refractivity contribution >= 4 is 11.6 Å². The fourth-order valence-electron chi connectivity index (χ4n) is 3.38. The second-order valence-electron chi connectivity index (χ2n) is 6.37. The normalized spacial score (nSPS) is 22.5. The van der Waals surface area contributed by atoms with Crippen molar-refractivity contribution in [3.05, 3.63) is 29.3 Å². The fraction of sp³-hybridized carbons (Fsp3) is 0.562. The summed E-state index contributed by atoms with van der Waals surface area (Å²) in [7, 11) is 0. The van der Waals surface area contributed by atoms with E-state index in [1.807, 2.05) is 12.1 Å². The van der Waals surface area contributed by atoms with E-state index in [0.717, 1.165) is 36.7 Å². The number of amides is 1. The van der Waals surface area contributed by atoms with Gasteiger partial charge in [-0.2, -0.15) is 0 Å². The highest BCUT2D eigenvalue weighted by molar-refractivity contribution is 5.95. The minimum Gasteiger partial charge on any atom is -0.384 e. The van der Waals surface area contributed by atoms with Crippen molar-refractivity contribution in [2.24, 2.45) is 11.3 Å². The first-order chi connectivity index (χ1) is 9.27. The molecule has 0 unspecified atom stereocenters. The van der Waals surface area contributed by atoms with Gasteiger partial charge in [0.05, 0.1) is 0 Å². The molecule has 2 saturated carbocycles. The number of rotatable bonds is 4. The molecular weight excluding hydrogens is 236 g/mol. The SMILES string of the molecule is O=C(NCC1(C2CC2)CC1)c1ccc2c(c1)NCC2. The Hall–Kier alpha value is -1.51. The maximum Gasteiger partial charge on any atom is 0.251 e. The Morgan fingerprint density at radius 1 is 1.37 bits per heavy atom. The van der Waals surface area contributed by atoms with Gasteiger partial charge in [0.15, 0.2) is 0 Å². The van der Waals surface area contributed by atoms with E-state index < -0.39 is 0 Å². The highest BCUT2D eigenvalue weighted by Crippen LogP contribution is 2.60. The molecule has 1 aromatic carbocycles. The monoisotopic (exact) mass is 256 g/mol. The number of fused-ring (bicyclic) bond motifs is 1. The van der Waals surface area contributed by atoms with E-state index >= 15 is 0 Å². The van der Waals surface area contributed by atoms with Crippen LogP contribution in [0.15, 0.2) is 18.2 Å². The standard InChI is InChI=1S/C16H20N2O/c19-15(18-10-16(6-7-16)13-3-4-13)12-2-1-11-5-8-17-14(11)9-12/h1-2,9,13,17H,3-8,10H2,(H,18,19). The quantitative estimate of drug-likeness (QED) is 0.869. The van der Waals surface area contributed by atoms with Crippen molar-refractivity contribution in [1.29, 1.82) is 0 Å². The summed E-state index contributed by atoms with van der Waals surface area (Å²) in [6, 6.07) is 6.03. The summed E-state index contributed by atoms with van der Waals surface area (Å²) in [4.78, 5) is 12.2. The Kier molecular flexibility index (Phi) is 2.38. The second-order valence-corrected chi connectivity index (χ2v) is 6.37. The summed E-state index contributed by atoms with van der Waals surface area (Å²) in [6.07, 6.45) is 6.44. The van der Waals surface area contributed by atoms with Crippen LogP contribution in [-0.2, 0) is 6.42 Å². The lowest BCUT2D eigenvalue weighted by atomic mass is 10.0. The molecule has 2 fully saturated rings. The summed E-state index contributed by atoms with van der Waals surface area (Å²) in [5, 5.41) is 6.48. The van der Waals surface area contributed by atoms with Crippen molar-refractivity contribution in [2.75, 3.05) is 18.4 Å². The number of carbonyl (C=O) groups is 1. The molecule has 19 heavy (non-hydrogen) atoms. The minimum absolute atomic E-state index is 0.0865. The molecule has 0 aromatic heterocycles. The third kappa shape index (κ3) is 2.01. The molecule has 3 heteroatoms. The molecule has 1 amide bonds. The number of anilines is 1. The van der Waals surface area contributed by atoms with Gasteiger partial charge in [-0.25, -0.2) is 0 Å². The Morgan fingerprint density at radius 3 is 2.95 bits per heavy atom. The zero-order chi connectivity index (χ0) is 12.9. The zero-order valence-corrected chi connectivity index (χ0v) is 11.2. The summed E-state index contributed by atoms with van der Waals surface area (Å²) in [6.45, 7) is 1.87. The Labute approximate surface area is 113 Å². The fourth-order valence-corrected chi connectivity index (χ4v) is 3.38. The van der Waals surface area contributed by atoms with Crippen molar-refractivity contribution in [2.45, 2.75) is 32.1 Å². The van der Waals surface area contributed by atoms with Gasteiger partial charge in [-0.15, -0.1) is 0 Å². The molecule has 0 radical (unpaired) electrons. The summed E-state index contributed by atoms with van der Waals surface area (Å²) < 4.78 is 0. The summed E-state index contributed by atoms with van der Waals surface area (Å²) >= 11 is 0. The first kappa shape index (κ1) is 11.3. The first-order valence-electron chi connectivity index (χ1n) is 7.42. The van der Waals surface area contributed by atoms with Crippen LogP contribution in [0.1, 0.15) is 41.6 Å². The van der Waals surface area contributed by atoms with Crippen LogP contribution in [0.4, 0.5) is 5.69 Å². The van der Waals surface area contributed by atoms with Crippen molar-refractivity contribution in [1.82, 2.24) is 5.32 Å². The molecule has 1 heterocycles. The van der Waals surface area contributed by atoms with Crippen LogP contribution >= 0.6 is 0 Å². The molecule has 0 bridgehead atoms. The van der Waals surface area contributed by atoms with Crippen LogP contribution in [-0.4, -0.2) is 19.0 Å². The van der Waals surface area contributed by atoms with Crippen LogP contribution in [0.25, 0.3) is 0 Å². The van der Waals surface area contributed by atoms with Gasteiger partial charge in [0.1, 0.15) is 0 Å². The summed E-state index contributed by atoms with van der Waals surface area (Å²) in [5.41, 5.74) is 3.73. The highest BCUT2D eigenvalue weighted by atomic mass is 16.1. The molecule has 0 spiro atoms. The lowest BCUT2D eigenvalue weighted by molar-refractivity contribution is 0.0942. The Balaban J connectivity index is 1.43. The third-order valence-electron chi connectivity index (χ3n) is 5.02. The molecule has 0 saturated heterocycles. The van der Waals surface area contributed by atoms with Crippen LogP contribution < -0.4 is 10.6 Å². The molecule has 3 nitrogen and oxygen atoms in total. The van der Waals surface area contributed by atoms with Crippen molar-refractivity contribution in [3.8, 4) is 0 Å². The molecule has 0 atom stereocenters. The number of nitrogens with one attached hydrogen (secondary N) is 2. The lowest BCUT2D eigenvalue weighted by Crippen LogP contribution is -2.31. The Bertz CT molecular complexity index is 530. The van der Waals surface area contributed by atoms with Gasteiger partial charge in [0.2, 0.25) is 0 Å². The summed E-state index contributed by atoms with van der Waals surface area (Å²) in [5.74, 6) is 0.984. The molecule has 1 aliphatic heterocycles. The Morgan fingerprint density at radius 2 is 2.21 bits per heavy atom. The molecule has 100 valence electrons. The topological polar surface area (TPSA) is 41.1 Å². The third-order valence-corrected chi connectivity index (χ3v) is 5.02. The zero-order valence-electron chi connectivity index (χ0n) is 11.2. The predicted octanol–water partition coefficient (Wildman–Crippen LogP) is 2.57. The van der Waals surface area contributed by atoms with Gasteiger partial charge >= 0.3 is 0 Å². The van der Waals surface area contributed by atoms with Crippen LogP contribution in [0, 0.1) is 11.3 Å². The van der Waals surface area contributed by atoms with Gasteiger partial charge in [-0.1, -0.05) is 6.07 Å². The molecular formula is C16H20N2O. The smallest absolute Gasteiger partial charge is 0.251 e. The molecule has 3 aliphatic rings. The van der Waals surface area contributed by atoms with Crippen LogP contribution in [0.3, 0.4) is 0 Å². The average molecular weight is 256 g/mol. The largest absolute Gasteiger partial charge is 0.384 e. The van der Waals surface area contributed by atoms with Crippen LogP contribution in [0.2, 0.25) is 0 Å². The van der Waals surface area contributed by atoms with Crippen molar-refractivity contribution < 1.29 is 4.79 Å². The van der Waals surface area contributed by atoms with E-state index in [1.54, 1.807) is 0 Å². The van der Waals surface area contributed by atoms with E-state index in [9.17, 15) is 4.79 Å². The van der Waals surface area contributed by atoms with Gasteiger partial charge in [-0.05, 0) is 61.1 Å². The van der Waals surface area contributed by atoms with Gasteiger partial charge in [0.25, 0.3) is 5.91 Å². The van der Waals surface area contributed by atoms with Gasteiger partial charge < -0.3 is 10.6 Å². The van der Waals surface area contributed by atoms with E-state index in [2.05, 4.69) is 16.7 Å². The number of hydrogen-bond acceptors (Lipinski definition) is 2. The van der Waals surface area contributed by atoms with E-state index in [-0.39, 0.29) is 5.91 Å². The molecule has 2 aliphatic carbocycles. The molecule has 2 N–H and O–H groups in total. The van der Waals surface area contributed by atoms with Crippen molar-refractivity contribution in [3.63, 3.8) is 0 Å². The van der Waals surface area contributed by atoms with E-state index in [0.29, 0.717) is 5.41 Å². The van der Waals surface area contributed by atoms with Gasteiger partial charge in [0, 0.05) is 24.3 Å². The number of carbonyl (C=O) groups excluding carboxylic acids is 1. The lowest BCUT2D eigenvalue weighted by Gasteiger charge is -2.15.